The Kier molecular flexibility index (Phi) is 5.37. The quantitative estimate of drug-likeness (QED) is 0.920. The number of rotatable bonds is 4. The highest BCUT2D eigenvalue weighted by molar-refractivity contribution is 5.79. The van der Waals surface area contributed by atoms with Crippen molar-refractivity contribution in [2.24, 2.45) is 5.73 Å². The monoisotopic (exact) mass is 290 g/mol. The van der Waals surface area contributed by atoms with Crippen molar-refractivity contribution >= 4 is 5.91 Å². The maximum Gasteiger partial charge on any atom is 0.227 e. The molecule has 2 N–H and O–H groups in total. The maximum absolute atomic E-state index is 12.6. The maximum atomic E-state index is 12.6. The van der Waals surface area contributed by atoms with Gasteiger partial charge in [-0.05, 0) is 43.4 Å². The van der Waals surface area contributed by atoms with E-state index in [9.17, 15) is 4.79 Å². The fraction of sp³-hybridized carbons (Fsp3) is 0.588. The Labute approximate surface area is 127 Å². The number of benzene rings is 1. The van der Waals surface area contributed by atoms with Crippen LogP contribution in [0.1, 0.15) is 29.5 Å². The molecule has 0 bridgehead atoms. The van der Waals surface area contributed by atoms with Crippen LogP contribution in [-0.2, 0) is 16.0 Å². The molecule has 1 aromatic carbocycles. The summed E-state index contributed by atoms with van der Waals surface area (Å²) in [5.41, 5.74) is 9.40. The summed E-state index contributed by atoms with van der Waals surface area (Å²) in [6.07, 6.45) is 2.41. The van der Waals surface area contributed by atoms with Crippen molar-refractivity contribution in [3.8, 4) is 0 Å². The Hall–Kier alpha value is -1.39. The fourth-order valence-corrected chi connectivity index (χ4v) is 2.97. The van der Waals surface area contributed by atoms with E-state index in [1.165, 1.54) is 11.1 Å². The Balaban J connectivity index is 2.03. The zero-order valence-corrected chi connectivity index (χ0v) is 13.3. The lowest BCUT2D eigenvalue weighted by Crippen LogP contribution is -2.51. The molecule has 1 heterocycles. The Bertz CT molecular complexity index is 502. The van der Waals surface area contributed by atoms with Gasteiger partial charge in [-0.1, -0.05) is 18.2 Å². The number of carbonyl (C=O) groups is 1. The number of aryl methyl sites for hydroxylation is 2. The van der Waals surface area contributed by atoms with E-state index in [1.54, 1.807) is 7.11 Å². The first-order valence-electron chi connectivity index (χ1n) is 7.63. The predicted octanol–water partition coefficient (Wildman–Crippen LogP) is 1.81. The van der Waals surface area contributed by atoms with Crippen LogP contribution in [0.4, 0.5) is 0 Å². The number of hydrogen-bond acceptors (Lipinski definition) is 3. The number of piperidine rings is 1. The average molecular weight is 290 g/mol. The zero-order chi connectivity index (χ0) is 15.4. The molecule has 4 heteroatoms. The third kappa shape index (κ3) is 3.83. The van der Waals surface area contributed by atoms with Gasteiger partial charge in [-0.3, -0.25) is 4.79 Å². The van der Waals surface area contributed by atoms with Crippen LogP contribution in [0.3, 0.4) is 0 Å². The summed E-state index contributed by atoms with van der Waals surface area (Å²) in [5.74, 6) is 0.170. The fourth-order valence-electron chi connectivity index (χ4n) is 2.97. The van der Waals surface area contributed by atoms with E-state index >= 15 is 0 Å². The predicted molar refractivity (Wildman–Crippen MR) is 84.2 cm³/mol. The van der Waals surface area contributed by atoms with Gasteiger partial charge in [-0.25, -0.2) is 0 Å². The van der Waals surface area contributed by atoms with Crippen LogP contribution in [0.5, 0.6) is 0 Å². The molecule has 4 nitrogen and oxygen atoms in total. The number of ether oxygens (including phenoxy) is 1. The van der Waals surface area contributed by atoms with Crippen LogP contribution < -0.4 is 5.73 Å². The molecule has 2 atom stereocenters. The minimum atomic E-state index is 0.0998. The Morgan fingerprint density at radius 1 is 1.38 bits per heavy atom. The van der Waals surface area contributed by atoms with Crippen LogP contribution in [-0.4, -0.2) is 43.2 Å². The molecule has 1 fully saturated rings. The minimum absolute atomic E-state index is 0.0998. The highest BCUT2D eigenvalue weighted by atomic mass is 16.5. The third-order valence-electron chi connectivity index (χ3n) is 4.52. The molecule has 2 unspecified atom stereocenters. The molecule has 0 aromatic heterocycles. The van der Waals surface area contributed by atoms with E-state index < -0.39 is 0 Å². The van der Waals surface area contributed by atoms with E-state index in [0.717, 1.165) is 24.9 Å². The molecule has 1 saturated heterocycles. The van der Waals surface area contributed by atoms with Gasteiger partial charge in [0.05, 0.1) is 12.5 Å². The lowest BCUT2D eigenvalue weighted by molar-refractivity contribution is -0.136. The summed E-state index contributed by atoms with van der Waals surface area (Å²) in [5, 5.41) is 0. The van der Waals surface area contributed by atoms with Crippen molar-refractivity contribution in [3.05, 3.63) is 34.9 Å². The van der Waals surface area contributed by atoms with Crippen LogP contribution in [0, 0.1) is 13.8 Å². The van der Waals surface area contributed by atoms with Crippen molar-refractivity contribution in [3.63, 3.8) is 0 Å². The topological polar surface area (TPSA) is 55.6 Å². The molecule has 1 aromatic rings. The Morgan fingerprint density at radius 3 is 2.76 bits per heavy atom. The van der Waals surface area contributed by atoms with E-state index in [0.29, 0.717) is 13.0 Å². The molecule has 1 aliphatic heterocycles. The van der Waals surface area contributed by atoms with Gasteiger partial charge in [0.2, 0.25) is 5.91 Å². The van der Waals surface area contributed by atoms with Gasteiger partial charge >= 0.3 is 0 Å². The van der Waals surface area contributed by atoms with E-state index in [2.05, 4.69) is 26.0 Å². The molecule has 1 amide bonds. The smallest absolute Gasteiger partial charge is 0.227 e. The summed E-state index contributed by atoms with van der Waals surface area (Å²) in [6.45, 7) is 5.40. The number of hydrogen-bond donors (Lipinski definition) is 1. The summed E-state index contributed by atoms with van der Waals surface area (Å²) in [6, 6.07) is 6.32. The van der Waals surface area contributed by atoms with Gasteiger partial charge in [0, 0.05) is 26.2 Å². The first-order chi connectivity index (χ1) is 10.0. The van der Waals surface area contributed by atoms with Crippen molar-refractivity contribution in [1.82, 2.24) is 4.90 Å². The second-order valence-electron chi connectivity index (χ2n) is 5.95. The highest BCUT2D eigenvalue weighted by Gasteiger charge is 2.30. The molecule has 2 rings (SSSR count). The van der Waals surface area contributed by atoms with Gasteiger partial charge in [-0.15, -0.1) is 0 Å². The standard InChI is InChI=1S/C17H26N2O2/c1-12-4-5-14(8-13(12)2)9-17(20)19-7-6-16(21-3)10-15(19)11-18/h4-5,8,15-16H,6-7,9-11,18H2,1-3H3. The van der Waals surface area contributed by atoms with Crippen molar-refractivity contribution in [2.75, 3.05) is 20.2 Å². The van der Waals surface area contributed by atoms with Crippen LogP contribution >= 0.6 is 0 Å². The van der Waals surface area contributed by atoms with Crippen molar-refractivity contribution in [2.45, 2.75) is 45.3 Å². The lowest BCUT2D eigenvalue weighted by Gasteiger charge is -2.38. The van der Waals surface area contributed by atoms with Gasteiger partial charge in [0.25, 0.3) is 0 Å². The van der Waals surface area contributed by atoms with Crippen LogP contribution in [0.25, 0.3) is 0 Å². The molecule has 116 valence electrons. The van der Waals surface area contributed by atoms with E-state index in [4.69, 9.17) is 10.5 Å². The molecular formula is C17H26N2O2. The van der Waals surface area contributed by atoms with Crippen LogP contribution in [0.2, 0.25) is 0 Å². The number of likely N-dealkylation sites (tertiary alicyclic amines) is 1. The van der Waals surface area contributed by atoms with Gasteiger partial charge < -0.3 is 15.4 Å². The lowest BCUT2D eigenvalue weighted by atomic mass is 9.97. The van der Waals surface area contributed by atoms with Crippen molar-refractivity contribution in [1.29, 1.82) is 0 Å². The molecule has 0 radical (unpaired) electrons. The van der Waals surface area contributed by atoms with E-state index in [-0.39, 0.29) is 18.1 Å². The highest BCUT2D eigenvalue weighted by Crippen LogP contribution is 2.20. The minimum Gasteiger partial charge on any atom is -0.381 e. The second-order valence-corrected chi connectivity index (χ2v) is 5.95. The zero-order valence-electron chi connectivity index (χ0n) is 13.3. The molecule has 0 aliphatic carbocycles. The van der Waals surface area contributed by atoms with Gasteiger partial charge in [0.15, 0.2) is 0 Å². The Morgan fingerprint density at radius 2 is 2.14 bits per heavy atom. The number of carbonyl (C=O) groups excluding carboxylic acids is 1. The van der Waals surface area contributed by atoms with E-state index in [1.807, 2.05) is 11.0 Å². The molecule has 0 spiro atoms. The normalized spacial score (nSPS) is 22.4. The molecule has 1 aliphatic rings. The van der Waals surface area contributed by atoms with Crippen molar-refractivity contribution < 1.29 is 9.53 Å². The summed E-state index contributed by atoms with van der Waals surface area (Å²) in [4.78, 5) is 14.5. The summed E-state index contributed by atoms with van der Waals surface area (Å²) >= 11 is 0. The SMILES string of the molecule is COC1CCN(C(=O)Cc2ccc(C)c(C)c2)C(CN)C1. The second kappa shape index (κ2) is 7.05. The number of amides is 1. The largest absolute Gasteiger partial charge is 0.381 e. The number of nitrogens with zero attached hydrogens (tertiary/aromatic N) is 1. The molecule has 21 heavy (non-hydrogen) atoms. The first-order valence-corrected chi connectivity index (χ1v) is 7.63. The van der Waals surface area contributed by atoms with Crippen LogP contribution in [0.15, 0.2) is 18.2 Å². The third-order valence-corrected chi connectivity index (χ3v) is 4.52. The molecular weight excluding hydrogens is 264 g/mol. The first kappa shape index (κ1) is 16.0. The summed E-state index contributed by atoms with van der Waals surface area (Å²) in [7, 11) is 1.73. The number of nitrogens with two attached hydrogens (primary N) is 1. The average Bonchev–Trinajstić information content (AvgIpc) is 2.50. The van der Waals surface area contributed by atoms with Gasteiger partial charge in [-0.2, -0.15) is 0 Å². The number of methoxy groups -OCH3 is 1. The summed E-state index contributed by atoms with van der Waals surface area (Å²) < 4.78 is 5.40. The molecule has 0 saturated carbocycles. The van der Waals surface area contributed by atoms with Gasteiger partial charge in [0.1, 0.15) is 0 Å².